The minimum atomic E-state index is -1.52. The van der Waals surface area contributed by atoms with E-state index in [9.17, 15) is 13.6 Å². The molecule has 0 spiro atoms. The SMILES string of the molecule is O=CCC(F)c1ccccc1F. The van der Waals surface area contributed by atoms with Crippen LogP contribution in [0.15, 0.2) is 24.3 Å². The highest BCUT2D eigenvalue weighted by molar-refractivity contribution is 5.51. The number of alkyl halides is 1. The van der Waals surface area contributed by atoms with Crippen molar-refractivity contribution in [2.75, 3.05) is 0 Å². The number of rotatable bonds is 3. The molecule has 1 aromatic rings. The Morgan fingerprint density at radius 1 is 1.42 bits per heavy atom. The first-order chi connectivity index (χ1) is 5.75. The van der Waals surface area contributed by atoms with Gasteiger partial charge >= 0.3 is 0 Å². The maximum absolute atomic E-state index is 12.9. The van der Waals surface area contributed by atoms with Gasteiger partial charge < -0.3 is 4.79 Å². The van der Waals surface area contributed by atoms with E-state index in [1.54, 1.807) is 0 Å². The van der Waals surface area contributed by atoms with Gasteiger partial charge in [-0.25, -0.2) is 8.78 Å². The normalized spacial score (nSPS) is 12.5. The number of benzene rings is 1. The maximum atomic E-state index is 12.9. The number of halogens is 2. The third kappa shape index (κ3) is 1.87. The van der Waals surface area contributed by atoms with Crippen LogP contribution in [0, 0.1) is 5.82 Å². The minimum absolute atomic E-state index is 0.0513. The highest BCUT2D eigenvalue weighted by atomic mass is 19.1. The van der Waals surface area contributed by atoms with Gasteiger partial charge in [0.15, 0.2) is 0 Å². The lowest BCUT2D eigenvalue weighted by Gasteiger charge is -2.04. The van der Waals surface area contributed by atoms with E-state index >= 15 is 0 Å². The van der Waals surface area contributed by atoms with Gasteiger partial charge in [0.1, 0.15) is 18.3 Å². The summed E-state index contributed by atoms with van der Waals surface area (Å²) in [6.45, 7) is 0. The molecule has 0 aliphatic rings. The zero-order valence-corrected chi connectivity index (χ0v) is 6.34. The Morgan fingerprint density at radius 3 is 2.67 bits per heavy atom. The molecule has 0 aromatic heterocycles. The van der Waals surface area contributed by atoms with Crippen LogP contribution in [-0.2, 0) is 4.79 Å². The monoisotopic (exact) mass is 170 g/mol. The number of carbonyl (C=O) groups is 1. The van der Waals surface area contributed by atoms with Crippen molar-refractivity contribution >= 4 is 6.29 Å². The van der Waals surface area contributed by atoms with Crippen molar-refractivity contribution in [1.82, 2.24) is 0 Å². The largest absolute Gasteiger partial charge is 0.303 e. The number of hydrogen-bond donors (Lipinski definition) is 0. The van der Waals surface area contributed by atoms with E-state index in [4.69, 9.17) is 0 Å². The molecule has 0 N–H and O–H groups in total. The van der Waals surface area contributed by atoms with Crippen LogP contribution in [0.2, 0.25) is 0 Å². The van der Waals surface area contributed by atoms with E-state index in [0.29, 0.717) is 6.29 Å². The lowest BCUT2D eigenvalue weighted by Crippen LogP contribution is -1.95. The summed E-state index contributed by atoms with van der Waals surface area (Å²) in [5, 5.41) is 0. The average molecular weight is 170 g/mol. The van der Waals surface area contributed by atoms with Gasteiger partial charge in [-0.15, -0.1) is 0 Å². The molecular formula is C9H8F2O. The van der Waals surface area contributed by atoms with Gasteiger partial charge in [0.2, 0.25) is 0 Å². The first-order valence-corrected chi connectivity index (χ1v) is 3.58. The van der Waals surface area contributed by atoms with Crippen LogP contribution in [0.3, 0.4) is 0 Å². The van der Waals surface area contributed by atoms with Gasteiger partial charge in [-0.1, -0.05) is 18.2 Å². The summed E-state index contributed by atoms with van der Waals surface area (Å²) < 4.78 is 25.7. The van der Waals surface area contributed by atoms with Crippen LogP contribution >= 0.6 is 0 Å². The third-order valence-electron chi connectivity index (χ3n) is 1.55. The first-order valence-electron chi connectivity index (χ1n) is 3.58. The molecule has 1 aromatic carbocycles. The molecule has 64 valence electrons. The zero-order valence-electron chi connectivity index (χ0n) is 6.34. The van der Waals surface area contributed by atoms with Crippen LogP contribution < -0.4 is 0 Å². The summed E-state index contributed by atoms with van der Waals surface area (Å²) in [7, 11) is 0. The highest BCUT2D eigenvalue weighted by Gasteiger charge is 2.12. The van der Waals surface area contributed by atoms with Crippen molar-refractivity contribution in [3.05, 3.63) is 35.6 Å². The lowest BCUT2D eigenvalue weighted by molar-refractivity contribution is -0.108. The van der Waals surface area contributed by atoms with E-state index in [1.807, 2.05) is 0 Å². The van der Waals surface area contributed by atoms with Crippen molar-refractivity contribution in [2.45, 2.75) is 12.6 Å². The Bertz CT molecular complexity index is 273. The molecule has 0 fully saturated rings. The van der Waals surface area contributed by atoms with E-state index in [1.165, 1.54) is 24.3 Å². The summed E-state index contributed by atoms with van der Waals surface area (Å²) in [4.78, 5) is 9.94. The van der Waals surface area contributed by atoms with E-state index in [-0.39, 0.29) is 12.0 Å². The Labute approximate surface area is 69.0 Å². The number of aldehydes is 1. The maximum Gasteiger partial charge on any atom is 0.135 e. The highest BCUT2D eigenvalue weighted by Crippen LogP contribution is 2.22. The third-order valence-corrected chi connectivity index (χ3v) is 1.55. The molecule has 12 heavy (non-hydrogen) atoms. The second-order valence-electron chi connectivity index (χ2n) is 2.39. The Hall–Kier alpha value is -1.25. The smallest absolute Gasteiger partial charge is 0.135 e. The van der Waals surface area contributed by atoms with Crippen molar-refractivity contribution in [3.8, 4) is 0 Å². The van der Waals surface area contributed by atoms with Gasteiger partial charge in [-0.3, -0.25) is 0 Å². The molecule has 1 rings (SSSR count). The summed E-state index contributed by atoms with van der Waals surface area (Å²) in [6.07, 6.45) is -1.37. The zero-order chi connectivity index (χ0) is 8.97. The summed E-state index contributed by atoms with van der Waals surface area (Å²) in [5.74, 6) is -0.605. The topological polar surface area (TPSA) is 17.1 Å². The van der Waals surface area contributed by atoms with E-state index in [0.717, 1.165) is 0 Å². The van der Waals surface area contributed by atoms with Gasteiger partial charge in [-0.05, 0) is 6.07 Å². The fourth-order valence-electron chi connectivity index (χ4n) is 0.941. The molecule has 0 radical (unpaired) electrons. The molecule has 1 unspecified atom stereocenters. The second kappa shape index (κ2) is 3.95. The number of hydrogen-bond acceptors (Lipinski definition) is 1. The molecule has 0 aliphatic carbocycles. The quantitative estimate of drug-likeness (QED) is 0.636. The van der Waals surface area contributed by atoms with Crippen molar-refractivity contribution in [3.63, 3.8) is 0 Å². The number of carbonyl (C=O) groups excluding carboxylic acids is 1. The van der Waals surface area contributed by atoms with E-state index < -0.39 is 12.0 Å². The van der Waals surface area contributed by atoms with Crippen LogP contribution in [-0.4, -0.2) is 6.29 Å². The van der Waals surface area contributed by atoms with Gasteiger partial charge in [-0.2, -0.15) is 0 Å². The average Bonchev–Trinajstić information content (AvgIpc) is 2.05. The molecular weight excluding hydrogens is 162 g/mol. The van der Waals surface area contributed by atoms with Gasteiger partial charge in [0, 0.05) is 12.0 Å². The minimum Gasteiger partial charge on any atom is -0.303 e. The molecule has 0 amide bonds. The van der Waals surface area contributed by atoms with E-state index in [2.05, 4.69) is 0 Å². The summed E-state index contributed by atoms with van der Waals surface area (Å²) in [5.41, 5.74) is -0.0513. The Morgan fingerprint density at radius 2 is 2.08 bits per heavy atom. The van der Waals surface area contributed by atoms with Crippen molar-refractivity contribution in [1.29, 1.82) is 0 Å². The van der Waals surface area contributed by atoms with Gasteiger partial charge in [0.05, 0.1) is 0 Å². The molecule has 0 saturated heterocycles. The summed E-state index contributed by atoms with van der Waals surface area (Å²) in [6, 6.07) is 5.53. The van der Waals surface area contributed by atoms with Gasteiger partial charge in [0.25, 0.3) is 0 Å². The molecule has 0 saturated carbocycles. The Balaban J connectivity index is 2.86. The van der Waals surface area contributed by atoms with Crippen LogP contribution in [0.5, 0.6) is 0 Å². The summed E-state index contributed by atoms with van der Waals surface area (Å²) >= 11 is 0. The molecule has 3 heteroatoms. The predicted octanol–water partition coefficient (Wildman–Crippen LogP) is 2.43. The first kappa shape index (κ1) is 8.84. The molecule has 0 heterocycles. The van der Waals surface area contributed by atoms with Crippen LogP contribution in [0.1, 0.15) is 18.2 Å². The molecule has 0 aliphatic heterocycles. The molecule has 1 atom stereocenters. The molecule has 1 nitrogen and oxygen atoms in total. The second-order valence-corrected chi connectivity index (χ2v) is 2.39. The van der Waals surface area contributed by atoms with Crippen LogP contribution in [0.25, 0.3) is 0 Å². The molecule has 0 bridgehead atoms. The van der Waals surface area contributed by atoms with Crippen LogP contribution in [0.4, 0.5) is 8.78 Å². The fraction of sp³-hybridized carbons (Fsp3) is 0.222. The Kier molecular flexibility index (Phi) is 2.91. The van der Waals surface area contributed by atoms with Crippen molar-refractivity contribution < 1.29 is 13.6 Å². The predicted molar refractivity (Wildman–Crippen MR) is 40.9 cm³/mol. The standard InChI is InChI=1S/C9H8F2O/c10-8-4-2-1-3-7(8)9(11)5-6-12/h1-4,6,9H,5H2. The van der Waals surface area contributed by atoms with Crippen molar-refractivity contribution in [2.24, 2.45) is 0 Å². The lowest BCUT2D eigenvalue weighted by atomic mass is 10.1. The fourth-order valence-corrected chi connectivity index (χ4v) is 0.941.